The fourth-order valence-corrected chi connectivity index (χ4v) is 3.15. The summed E-state index contributed by atoms with van der Waals surface area (Å²) in [6, 6.07) is 0. The first-order valence-electron chi connectivity index (χ1n) is 4.91. The first kappa shape index (κ1) is 10.3. The van der Waals surface area contributed by atoms with E-state index in [1.54, 1.807) is 16.7 Å². The zero-order valence-corrected chi connectivity index (χ0v) is 8.74. The smallest absolute Gasteiger partial charge is 0.226 e. The van der Waals surface area contributed by atoms with Gasteiger partial charge in [0.25, 0.3) is 0 Å². The second kappa shape index (κ2) is 4.08. The quantitative estimate of drug-likeness (QED) is 0.610. The molecule has 80 valence electrons. The van der Waals surface area contributed by atoms with Crippen LogP contribution in [-0.2, 0) is 4.79 Å². The minimum atomic E-state index is -0.756. The van der Waals surface area contributed by atoms with Gasteiger partial charge < -0.3 is 15.1 Å². The van der Waals surface area contributed by atoms with E-state index in [-0.39, 0.29) is 11.8 Å². The molecule has 2 heterocycles. The molecule has 0 aliphatic carbocycles. The number of nitrogens with zero attached hydrogens (tertiary/aromatic N) is 1. The van der Waals surface area contributed by atoms with Crippen LogP contribution in [0.4, 0.5) is 0 Å². The second-order valence-electron chi connectivity index (χ2n) is 3.94. The zero-order chi connectivity index (χ0) is 10.1. The number of carbonyl (C=O) groups excluding carboxylic acids is 1. The lowest BCUT2D eigenvalue weighted by Crippen LogP contribution is -2.35. The molecule has 3 atom stereocenters. The molecule has 2 N–H and O–H groups in total. The molecule has 2 aliphatic rings. The van der Waals surface area contributed by atoms with Crippen molar-refractivity contribution < 1.29 is 15.0 Å². The Balaban J connectivity index is 1.92. The summed E-state index contributed by atoms with van der Waals surface area (Å²) in [5.41, 5.74) is 0. The summed E-state index contributed by atoms with van der Waals surface area (Å²) in [5, 5.41) is 18.6. The third kappa shape index (κ3) is 1.89. The van der Waals surface area contributed by atoms with Crippen LogP contribution in [0, 0.1) is 5.92 Å². The van der Waals surface area contributed by atoms with E-state index in [9.17, 15) is 15.0 Å². The summed E-state index contributed by atoms with van der Waals surface area (Å²) in [6.45, 7) is 0.586. The highest BCUT2D eigenvalue weighted by atomic mass is 32.2. The number of hydrogen-bond donors (Lipinski definition) is 2. The number of hydrogen-bond acceptors (Lipinski definition) is 4. The molecule has 2 aliphatic heterocycles. The van der Waals surface area contributed by atoms with Crippen LogP contribution < -0.4 is 0 Å². The van der Waals surface area contributed by atoms with Gasteiger partial charge in [0, 0.05) is 24.8 Å². The fraction of sp³-hybridized carbons (Fsp3) is 0.889. The average Bonchev–Trinajstić information content (AvgIpc) is 2.76. The van der Waals surface area contributed by atoms with Crippen LogP contribution in [-0.4, -0.2) is 57.8 Å². The number of aliphatic hydroxyl groups is 2. The van der Waals surface area contributed by atoms with E-state index in [4.69, 9.17) is 0 Å². The Bertz CT molecular complexity index is 220. The molecule has 5 heteroatoms. The molecule has 0 radical (unpaired) electrons. The SMILES string of the molecule is O=C(C1CCSC1)N1C[C@@H](O)[C@@H](O)C1. The van der Waals surface area contributed by atoms with E-state index in [1.165, 1.54) is 0 Å². The first-order valence-corrected chi connectivity index (χ1v) is 6.06. The Kier molecular flexibility index (Phi) is 2.99. The molecule has 0 aromatic rings. The molecule has 1 amide bonds. The maximum Gasteiger partial charge on any atom is 0.226 e. The van der Waals surface area contributed by atoms with Crippen LogP contribution in [0.1, 0.15) is 6.42 Å². The molecular formula is C9H15NO3S. The van der Waals surface area contributed by atoms with E-state index < -0.39 is 12.2 Å². The van der Waals surface area contributed by atoms with Crippen molar-refractivity contribution in [1.82, 2.24) is 4.90 Å². The number of thioether (sulfide) groups is 1. The zero-order valence-electron chi connectivity index (χ0n) is 7.93. The molecule has 0 spiro atoms. The van der Waals surface area contributed by atoms with Crippen molar-refractivity contribution in [1.29, 1.82) is 0 Å². The van der Waals surface area contributed by atoms with Crippen molar-refractivity contribution in [2.45, 2.75) is 18.6 Å². The number of likely N-dealkylation sites (tertiary alicyclic amines) is 1. The van der Waals surface area contributed by atoms with Gasteiger partial charge in [-0.15, -0.1) is 0 Å². The molecule has 2 saturated heterocycles. The lowest BCUT2D eigenvalue weighted by molar-refractivity contribution is -0.134. The van der Waals surface area contributed by atoms with Crippen molar-refractivity contribution in [2.24, 2.45) is 5.92 Å². The predicted molar refractivity (Wildman–Crippen MR) is 54.0 cm³/mol. The summed E-state index contributed by atoms with van der Waals surface area (Å²) >= 11 is 1.80. The van der Waals surface area contributed by atoms with E-state index in [2.05, 4.69) is 0 Å². The maximum atomic E-state index is 11.8. The molecule has 1 unspecified atom stereocenters. The van der Waals surface area contributed by atoms with Gasteiger partial charge in [0.15, 0.2) is 0 Å². The minimum absolute atomic E-state index is 0.102. The Hall–Kier alpha value is -0.260. The largest absolute Gasteiger partial charge is 0.388 e. The highest BCUT2D eigenvalue weighted by Gasteiger charge is 2.36. The summed E-state index contributed by atoms with van der Waals surface area (Å²) in [4.78, 5) is 13.4. The van der Waals surface area contributed by atoms with Crippen molar-refractivity contribution in [2.75, 3.05) is 24.6 Å². The monoisotopic (exact) mass is 217 g/mol. The van der Waals surface area contributed by atoms with E-state index in [1.807, 2.05) is 0 Å². The van der Waals surface area contributed by atoms with Crippen molar-refractivity contribution in [3.8, 4) is 0 Å². The predicted octanol–water partition coefficient (Wildman–Crippen LogP) is -0.697. The Labute approximate surface area is 87.3 Å². The highest BCUT2D eigenvalue weighted by Crippen LogP contribution is 2.26. The topological polar surface area (TPSA) is 60.8 Å². The van der Waals surface area contributed by atoms with Gasteiger partial charge >= 0.3 is 0 Å². The van der Waals surface area contributed by atoms with Crippen LogP contribution in [0.25, 0.3) is 0 Å². The van der Waals surface area contributed by atoms with Crippen LogP contribution in [0.3, 0.4) is 0 Å². The van der Waals surface area contributed by atoms with Crippen LogP contribution in [0.5, 0.6) is 0 Å². The second-order valence-corrected chi connectivity index (χ2v) is 5.09. The summed E-state index contributed by atoms with van der Waals surface area (Å²) in [6.07, 6.45) is -0.576. The Morgan fingerprint density at radius 1 is 1.29 bits per heavy atom. The van der Waals surface area contributed by atoms with Gasteiger partial charge in [-0.3, -0.25) is 4.79 Å². The molecule has 4 nitrogen and oxygen atoms in total. The van der Waals surface area contributed by atoms with Gasteiger partial charge in [-0.05, 0) is 12.2 Å². The third-order valence-corrected chi connectivity index (χ3v) is 4.01. The first-order chi connectivity index (χ1) is 6.68. The Morgan fingerprint density at radius 2 is 1.93 bits per heavy atom. The number of β-amino-alcohol motifs (C(OH)–C–C–N with tert-alkyl or cyclic N) is 2. The van der Waals surface area contributed by atoms with Crippen molar-refractivity contribution in [3.05, 3.63) is 0 Å². The lowest BCUT2D eigenvalue weighted by atomic mass is 10.1. The molecule has 0 saturated carbocycles. The summed E-state index contributed by atoms with van der Waals surface area (Å²) in [7, 11) is 0. The molecule has 2 fully saturated rings. The minimum Gasteiger partial charge on any atom is -0.388 e. The van der Waals surface area contributed by atoms with Gasteiger partial charge in [0.1, 0.15) is 0 Å². The van der Waals surface area contributed by atoms with E-state index in [0.717, 1.165) is 17.9 Å². The number of carbonyl (C=O) groups is 1. The van der Waals surface area contributed by atoms with Crippen molar-refractivity contribution in [3.63, 3.8) is 0 Å². The Morgan fingerprint density at radius 3 is 2.43 bits per heavy atom. The van der Waals surface area contributed by atoms with Crippen LogP contribution in [0.2, 0.25) is 0 Å². The normalized spacial score (nSPS) is 37.9. The molecular weight excluding hydrogens is 202 g/mol. The lowest BCUT2D eigenvalue weighted by Gasteiger charge is -2.19. The fourth-order valence-electron chi connectivity index (χ4n) is 1.94. The van der Waals surface area contributed by atoms with Gasteiger partial charge in [-0.25, -0.2) is 0 Å². The van der Waals surface area contributed by atoms with Gasteiger partial charge in [-0.2, -0.15) is 11.8 Å². The van der Waals surface area contributed by atoms with Crippen LogP contribution in [0.15, 0.2) is 0 Å². The van der Waals surface area contributed by atoms with Gasteiger partial charge in [0.2, 0.25) is 5.91 Å². The number of rotatable bonds is 1. The van der Waals surface area contributed by atoms with Crippen LogP contribution >= 0.6 is 11.8 Å². The van der Waals surface area contributed by atoms with Crippen molar-refractivity contribution >= 4 is 17.7 Å². The summed E-state index contributed by atoms with van der Waals surface area (Å²) in [5.74, 6) is 2.15. The van der Waals surface area contributed by atoms with Gasteiger partial charge in [-0.1, -0.05) is 0 Å². The molecule has 0 aromatic carbocycles. The maximum absolute atomic E-state index is 11.8. The molecule has 14 heavy (non-hydrogen) atoms. The third-order valence-electron chi connectivity index (χ3n) is 2.85. The average molecular weight is 217 g/mol. The standard InChI is InChI=1S/C9H15NO3S/c11-7-3-10(4-8(7)12)9(13)6-1-2-14-5-6/h6-8,11-12H,1-5H2/t6?,7-,8+. The number of amides is 1. The number of aliphatic hydroxyl groups excluding tert-OH is 2. The highest BCUT2D eigenvalue weighted by molar-refractivity contribution is 7.99. The molecule has 2 rings (SSSR count). The molecule has 0 bridgehead atoms. The van der Waals surface area contributed by atoms with E-state index >= 15 is 0 Å². The molecule has 0 aromatic heterocycles. The van der Waals surface area contributed by atoms with Gasteiger partial charge in [0.05, 0.1) is 12.2 Å². The summed E-state index contributed by atoms with van der Waals surface area (Å²) < 4.78 is 0. The van der Waals surface area contributed by atoms with E-state index in [0.29, 0.717) is 13.1 Å².